The van der Waals surface area contributed by atoms with Crippen LogP contribution in [0.4, 0.5) is 15.8 Å². The van der Waals surface area contributed by atoms with Crippen LogP contribution in [-0.2, 0) is 11.3 Å². The molecule has 0 atom stereocenters. The second kappa shape index (κ2) is 5.50. The van der Waals surface area contributed by atoms with Crippen LogP contribution in [0.15, 0.2) is 18.2 Å². The molecule has 1 heterocycles. The third kappa shape index (κ3) is 2.75. The Balaban J connectivity index is 2.13. The van der Waals surface area contributed by atoms with Gasteiger partial charge in [-0.1, -0.05) is 17.7 Å². The average Bonchev–Trinajstić information content (AvgIpc) is 2.63. The summed E-state index contributed by atoms with van der Waals surface area (Å²) in [6.07, 6.45) is 0. The lowest BCUT2D eigenvalue weighted by molar-refractivity contribution is -0.117. The quantitative estimate of drug-likeness (QED) is 0.914. The van der Waals surface area contributed by atoms with Crippen molar-refractivity contribution >= 4 is 28.9 Å². The summed E-state index contributed by atoms with van der Waals surface area (Å²) < 4.78 is 15.1. The molecule has 0 radical (unpaired) electrons. The molecule has 20 heavy (non-hydrogen) atoms. The Morgan fingerprint density at radius 2 is 2.20 bits per heavy atom. The molecule has 106 valence electrons. The zero-order chi connectivity index (χ0) is 14.9. The largest absolute Gasteiger partial charge is 0.396 e. The molecule has 0 spiro atoms. The molecule has 1 amide bonds. The van der Waals surface area contributed by atoms with E-state index < -0.39 is 11.7 Å². The molecule has 2 rings (SSSR count). The highest BCUT2D eigenvalue weighted by molar-refractivity contribution is 6.31. The fraction of sp³-hybridized carbons (Fsp3) is 0.231. The van der Waals surface area contributed by atoms with Gasteiger partial charge in [-0.05, 0) is 26.0 Å². The van der Waals surface area contributed by atoms with Crippen LogP contribution in [0.3, 0.4) is 0 Å². The minimum atomic E-state index is -0.657. The molecule has 0 saturated heterocycles. The number of aryl methyl sites for hydroxylation is 1. The van der Waals surface area contributed by atoms with E-state index in [-0.39, 0.29) is 17.3 Å². The molecule has 0 aliphatic rings. The topological polar surface area (TPSA) is 72.9 Å². The molecule has 1 aromatic carbocycles. The first-order valence-corrected chi connectivity index (χ1v) is 6.31. The number of nitrogens with one attached hydrogen (secondary N) is 1. The Hall–Kier alpha value is -2.08. The molecular formula is C13H14ClFN4O. The van der Waals surface area contributed by atoms with E-state index in [1.165, 1.54) is 16.8 Å². The van der Waals surface area contributed by atoms with Crippen LogP contribution in [0.25, 0.3) is 0 Å². The van der Waals surface area contributed by atoms with Gasteiger partial charge in [0.05, 0.1) is 27.8 Å². The van der Waals surface area contributed by atoms with Gasteiger partial charge in [-0.2, -0.15) is 5.10 Å². The number of benzene rings is 1. The summed E-state index contributed by atoms with van der Waals surface area (Å²) >= 11 is 5.65. The average molecular weight is 297 g/mol. The van der Waals surface area contributed by atoms with Gasteiger partial charge in [-0.3, -0.25) is 9.48 Å². The SMILES string of the molecule is Cc1nn(CC(=O)Nc2cccc(Cl)c2F)c(C)c1N. The number of nitrogens with zero attached hydrogens (tertiary/aromatic N) is 2. The molecule has 1 aromatic heterocycles. The Morgan fingerprint density at radius 3 is 2.80 bits per heavy atom. The van der Waals surface area contributed by atoms with Gasteiger partial charge in [0.15, 0.2) is 5.82 Å². The molecule has 0 fully saturated rings. The molecule has 2 aromatic rings. The Morgan fingerprint density at radius 1 is 1.50 bits per heavy atom. The lowest BCUT2D eigenvalue weighted by Crippen LogP contribution is -2.21. The maximum absolute atomic E-state index is 13.7. The molecule has 0 aliphatic carbocycles. The summed E-state index contributed by atoms with van der Waals surface area (Å²) in [5.74, 6) is -1.06. The highest BCUT2D eigenvalue weighted by Crippen LogP contribution is 2.22. The van der Waals surface area contributed by atoms with E-state index in [0.717, 1.165) is 0 Å². The zero-order valence-corrected chi connectivity index (χ0v) is 11.8. The summed E-state index contributed by atoms with van der Waals surface area (Å²) in [4.78, 5) is 11.9. The van der Waals surface area contributed by atoms with Gasteiger partial charge in [0.25, 0.3) is 0 Å². The summed E-state index contributed by atoms with van der Waals surface area (Å²) in [5, 5.41) is 6.55. The van der Waals surface area contributed by atoms with Crippen LogP contribution in [0.2, 0.25) is 5.02 Å². The van der Waals surface area contributed by atoms with Crippen molar-refractivity contribution in [2.75, 3.05) is 11.1 Å². The van der Waals surface area contributed by atoms with Crippen molar-refractivity contribution in [1.29, 1.82) is 0 Å². The first-order valence-electron chi connectivity index (χ1n) is 5.93. The third-order valence-electron chi connectivity index (χ3n) is 2.96. The summed E-state index contributed by atoms with van der Waals surface area (Å²) in [6.45, 7) is 3.48. The van der Waals surface area contributed by atoms with E-state index in [1.54, 1.807) is 19.9 Å². The van der Waals surface area contributed by atoms with Crippen molar-refractivity contribution in [1.82, 2.24) is 9.78 Å². The van der Waals surface area contributed by atoms with Gasteiger partial charge in [-0.15, -0.1) is 0 Å². The second-order valence-electron chi connectivity index (χ2n) is 4.39. The van der Waals surface area contributed by atoms with E-state index in [0.29, 0.717) is 17.1 Å². The van der Waals surface area contributed by atoms with Crippen molar-refractivity contribution in [3.05, 3.63) is 40.4 Å². The number of rotatable bonds is 3. The number of nitrogens with two attached hydrogens (primary N) is 1. The number of hydrogen-bond donors (Lipinski definition) is 2. The summed E-state index contributed by atoms with van der Waals surface area (Å²) in [6, 6.07) is 4.41. The molecule has 7 heteroatoms. The normalized spacial score (nSPS) is 10.6. The number of nitrogen functional groups attached to an aromatic ring is 1. The first kappa shape index (κ1) is 14.3. The van der Waals surface area contributed by atoms with Crippen LogP contribution in [0.5, 0.6) is 0 Å². The molecule has 0 saturated carbocycles. The van der Waals surface area contributed by atoms with Gasteiger partial charge < -0.3 is 11.1 Å². The van der Waals surface area contributed by atoms with Crippen LogP contribution >= 0.6 is 11.6 Å². The van der Waals surface area contributed by atoms with E-state index in [9.17, 15) is 9.18 Å². The fourth-order valence-corrected chi connectivity index (χ4v) is 1.97. The number of halogens is 2. The van der Waals surface area contributed by atoms with Crippen molar-refractivity contribution in [3.8, 4) is 0 Å². The Bertz CT molecular complexity index is 669. The summed E-state index contributed by atoms with van der Waals surface area (Å²) in [5.41, 5.74) is 7.72. The smallest absolute Gasteiger partial charge is 0.246 e. The minimum absolute atomic E-state index is 0.0389. The van der Waals surface area contributed by atoms with Gasteiger partial charge in [0.2, 0.25) is 5.91 Å². The number of hydrogen-bond acceptors (Lipinski definition) is 3. The first-order chi connectivity index (χ1) is 9.40. The maximum atomic E-state index is 13.7. The number of carbonyl (C=O) groups excluding carboxylic acids is 1. The number of amides is 1. The molecule has 0 aliphatic heterocycles. The molecule has 0 bridgehead atoms. The zero-order valence-electron chi connectivity index (χ0n) is 11.1. The number of aromatic nitrogens is 2. The number of carbonyl (C=O) groups is 1. The molecular weight excluding hydrogens is 283 g/mol. The van der Waals surface area contributed by atoms with Crippen LogP contribution in [0.1, 0.15) is 11.4 Å². The van der Waals surface area contributed by atoms with Crippen LogP contribution in [0, 0.1) is 19.7 Å². The lowest BCUT2D eigenvalue weighted by atomic mass is 10.3. The Kier molecular flexibility index (Phi) is 3.94. The predicted molar refractivity (Wildman–Crippen MR) is 76.2 cm³/mol. The van der Waals surface area contributed by atoms with E-state index in [1.807, 2.05) is 0 Å². The standard InChI is InChI=1S/C13H14ClFN4O/c1-7-13(16)8(2)19(18-7)6-11(20)17-10-5-3-4-9(14)12(10)15/h3-5H,6,16H2,1-2H3,(H,17,20). The van der Waals surface area contributed by atoms with E-state index in [2.05, 4.69) is 10.4 Å². The second-order valence-corrected chi connectivity index (χ2v) is 4.80. The summed E-state index contributed by atoms with van der Waals surface area (Å²) in [7, 11) is 0. The number of anilines is 2. The Labute approximate surface area is 120 Å². The highest BCUT2D eigenvalue weighted by atomic mass is 35.5. The van der Waals surface area contributed by atoms with Gasteiger partial charge in [0.1, 0.15) is 6.54 Å². The monoisotopic (exact) mass is 296 g/mol. The van der Waals surface area contributed by atoms with Crippen molar-refractivity contribution in [2.45, 2.75) is 20.4 Å². The third-order valence-corrected chi connectivity index (χ3v) is 3.25. The fourth-order valence-electron chi connectivity index (χ4n) is 1.79. The van der Waals surface area contributed by atoms with Crippen molar-refractivity contribution in [3.63, 3.8) is 0 Å². The van der Waals surface area contributed by atoms with E-state index >= 15 is 0 Å². The lowest BCUT2D eigenvalue weighted by Gasteiger charge is -2.08. The van der Waals surface area contributed by atoms with E-state index in [4.69, 9.17) is 17.3 Å². The molecule has 5 nitrogen and oxygen atoms in total. The predicted octanol–water partition coefficient (Wildman–Crippen LogP) is 2.51. The molecule has 3 N–H and O–H groups in total. The van der Waals surface area contributed by atoms with Gasteiger partial charge in [0, 0.05) is 0 Å². The van der Waals surface area contributed by atoms with Gasteiger partial charge in [-0.25, -0.2) is 4.39 Å². The van der Waals surface area contributed by atoms with Crippen LogP contribution in [-0.4, -0.2) is 15.7 Å². The minimum Gasteiger partial charge on any atom is -0.396 e. The maximum Gasteiger partial charge on any atom is 0.246 e. The van der Waals surface area contributed by atoms with Crippen molar-refractivity contribution < 1.29 is 9.18 Å². The van der Waals surface area contributed by atoms with Crippen molar-refractivity contribution in [2.24, 2.45) is 0 Å². The van der Waals surface area contributed by atoms with Gasteiger partial charge >= 0.3 is 0 Å². The highest BCUT2D eigenvalue weighted by Gasteiger charge is 2.13. The molecule has 0 unspecified atom stereocenters. The van der Waals surface area contributed by atoms with Crippen LogP contribution < -0.4 is 11.1 Å².